The summed E-state index contributed by atoms with van der Waals surface area (Å²) >= 11 is 0. The summed E-state index contributed by atoms with van der Waals surface area (Å²) in [6.45, 7) is 11.1. The summed E-state index contributed by atoms with van der Waals surface area (Å²) in [7, 11) is 0. The van der Waals surface area contributed by atoms with Crippen molar-refractivity contribution >= 4 is 28.2 Å². The summed E-state index contributed by atoms with van der Waals surface area (Å²) in [5.41, 5.74) is 1.88. The summed E-state index contributed by atoms with van der Waals surface area (Å²) in [6, 6.07) is 12.4. The second-order valence-corrected chi connectivity index (χ2v) is 6.61. The minimum atomic E-state index is -0.536. The van der Waals surface area contributed by atoms with Gasteiger partial charge < -0.3 is 10.1 Å². The van der Waals surface area contributed by atoms with Gasteiger partial charge in [0.1, 0.15) is 11.4 Å². The van der Waals surface area contributed by atoms with Crippen LogP contribution in [-0.2, 0) is 0 Å². The van der Waals surface area contributed by atoms with Crippen molar-refractivity contribution in [3.63, 3.8) is 0 Å². The Kier molecular flexibility index (Phi) is 3.51. The standard InChI is InChI=1S/C20H16N4O2/c1-20(2)11-16(14-10-12(21-3)8-9-17(14)26-20)23-19-22-15-7-5-4-6-13(15)18(25)24-19/h4-11H,1-2H3,(H2,22,23,24,25). The van der Waals surface area contributed by atoms with E-state index in [2.05, 4.69) is 20.1 Å². The predicted octanol–water partition coefficient (Wildman–Crippen LogP) is 4.10. The van der Waals surface area contributed by atoms with Gasteiger partial charge in [0.15, 0.2) is 5.69 Å². The lowest BCUT2D eigenvalue weighted by atomic mass is 9.99. The fraction of sp³-hybridized carbons (Fsp3) is 0.150. The zero-order valence-corrected chi connectivity index (χ0v) is 14.3. The number of hydrogen-bond acceptors (Lipinski definition) is 4. The fourth-order valence-corrected chi connectivity index (χ4v) is 3.00. The van der Waals surface area contributed by atoms with Crippen molar-refractivity contribution in [3.05, 3.63) is 75.9 Å². The maximum Gasteiger partial charge on any atom is 0.260 e. The molecule has 2 N–H and O–H groups in total. The van der Waals surface area contributed by atoms with Gasteiger partial charge in [-0.1, -0.05) is 18.2 Å². The number of benzene rings is 2. The van der Waals surface area contributed by atoms with Gasteiger partial charge >= 0.3 is 0 Å². The average molecular weight is 344 g/mol. The molecule has 0 radical (unpaired) electrons. The number of para-hydroxylation sites is 1. The molecule has 0 saturated heterocycles. The molecular weight excluding hydrogens is 328 g/mol. The highest BCUT2D eigenvalue weighted by Crippen LogP contribution is 2.38. The molecule has 0 fully saturated rings. The Balaban J connectivity index is 1.82. The largest absolute Gasteiger partial charge is 0.483 e. The van der Waals surface area contributed by atoms with Crippen LogP contribution in [0.2, 0.25) is 0 Å². The maximum absolute atomic E-state index is 12.3. The van der Waals surface area contributed by atoms with E-state index in [1.54, 1.807) is 36.4 Å². The van der Waals surface area contributed by atoms with Crippen molar-refractivity contribution in [2.75, 3.05) is 5.32 Å². The van der Waals surface area contributed by atoms with E-state index in [4.69, 9.17) is 11.3 Å². The third-order valence-corrected chi connectivity index (χ3v) is 4.11. The molecule has 0 aliphatic carbocycles. The lowest BCUT2D eigenvalue weighted by Crippen LogP contribution is -2.30. The zero-order chi connectivity index (χ0) is 18.3. The number of nitrogens with one attached hydrogen (secondary N) is 2. The van der Waals surface area contributed by atoms with Gasteiger partial charge in [-0.05, 0) is 44.2 Å². The minimum Gasteiger partial charge on any atom is -0.483 e. The predicted molar refractivity (Wildman–Crippen MR) is 101 cm³/mol. The number of nitrogens with zero attached hydrogens (tertiary/aromatic N) is 2. The molecule has 4 rings (SSSR count). The minimum absolute atomic E-state index is 0.208. The second kappa shape index (κ2) is 5.74. The van der Waals surface area contributed by atoms with Gasteiger partial charge in [-0.2, -0.15) is 0 Å². The van der Waals surface area contributed by atoms with Gasteiger partial charge in [-0.15, -0.1) is 0 Å². The molecule has 0 bridgehead atoms. The molecule has 0 atom stereocenters. The second-order valence-electron chi connectivity index (χ2n) is 6.61. The van der Waals surface area contributed by atoms with Gasteiger partial charge in [0.25, 0.3) is 5.56 Å². The lowest BCUT2D eigenvalue weighted by Gasteiger charge is -2.31. The molecule has 0 amide bonds. The molecule has 0 spiro atoms. The normalized spacial score (nSPS) is 14.7. The molecule has 6 heteroatoms. The summed E-state index contributed by atoms with van der Waals surface area (Å²) in [5, 5.41) is 3.73. The molecule has 0 unspecified atom stereocenters. The summed E-state index contributed by atoms with van der Waals surface area (Å²) in [6.07, 6.45) is 1.91. The highest BCUT2D eigenvalue weighted by molar-refractivity contribution is 5.84. The molecule has 1 aliphatic heterocycles. The van der Waals surface area contributed by atoms with Crippen molar-refractivity contribution < 1.29 is 4.74 Å². The van der Waals surface area contributed by atoms with Crippen LogP contribution in [0.4, 0.5) is 11.6 Å². The Labute approximate surface area is 150 Å². The number of ether oxygens (including phenoxy) is 1. The van der Waals surface area contributed by atoms with E-state index >= 15 is 0 Å². The van der Waals surface area contributed by atoms with Crippen molar-refractivity contribution in [2.24, 2.45) is 0 Å². The Bertz CT molecular complexity index is 1150. The summed E-state index contributed by atoms with van der Waals surface area (Å²) < 4.78 is 5.97. The van der Waals surface area contributed by atoms with E-state index < -0.39 is 5.60 Å². The van der Waals surface area contributed by atoms with Gasteiger partial charge in [-0.25, -0.2) is 9.83 Å². The average Bonchev–Trinajstić information content (AvgIpc) is 2.60. The van der Waals surface area contributed by atoms with E-state index in [0.29, 0.717) is 28.3 Å². The van der Waals surface area contributed by atoms with E-state index in [-0.39, 0.29) is 5.56 Å². The van der Waals surface area contributed by atoms with E-state index in [0.717, 1.165) is 11.3 Å². The van der Waals surface area contributed by atoms with Crippen molar-refractivity contribution in [1.82, 2.24) is 9.97 Å². The van der Waals surface area contributed by atoms with Crippen LogP contribution in [0, 0.1) is 6.57 Å². The highest BCUT2D eigenvalue weighted by Gasteiger charge is 2.27. The first kappa shape index (κ1) is 15.9. The molecule has 128 valence electrons. The van der Waals surface area contributed by atoms with Gasteiger partial charge in [0.05, 0.1) is 23.2 Å². The Morgan fingerprint density at radius 2 is 2.04 bits per heavy atom. The molecule has 2 heterocycles. The topological polar surface area (TPSA) is 71.4 Å². The molecule has 3 aromatic rings. The van der Waals surface area contributed by atoms with Crippen molar-refractivity contribution in [2.45, 2.75) is 19.4 Å². The number of hydrogen-bond donors (Lipinski definition) is 2. The van der Waals surface area contributed by atoms with E-state index in [1.807, 2.05) is 26.0 Å². The zero-order valence-electron chi connectivity index (χ0n) is 14.3. The third kappa shape index (κ3) is 2.80. The van der Waals surface area contributed by atoms with Crippen molar-refractivity contribution in [3.8, 4) is 5.75 Å². The van der Waals surface area contributed by atoms with Crippen LogP contribution >= 0.6 is 0 Å². The highest BCUT2D eigenvalue weighted by atomic mass is 16.5. The number of H-pyrrole nitrogens is 1. The Hall–Kier alpha value is -3.59. The van der Waals surface area contributed by atoms with Gasteiger partial charge in [-0.3, -0.25) is 9.78 Å². The van der Waals surface area contributed by atoms with Crippen LogP contribution in [0.3, 0.4) is 0 Å². The third-order valence-electron chi connectivity index (χ3n) is 4.11. The van der Waals surface area contributed by atoms with Crippen molar-refractivity contribution in [1.29, 1.82) is 0 Å². The molecule has 2 aromatic carbocycles. The van der Waals surface area contributed by atoms with Gasteiger partial charge in [0, 0.05) is 5.56 Å². The summed E-state index contributed by atoms with van der Waals surface area (Å²) in [4.78, 5) is 23.0. The Morgan fingerprint density at radius 1 is 1.23 bits per heavy atom. The van der Waals surface area contributed by atoms with E-state index in [9.17, 15) is 4.79 Å². The molecule has 1 aliphatic rings. The number of aromatic nitrogens is 2. The molecule has 26 heavy (non-hydrogen) atoms. The molecule has 0 saturated carbocycles. The van der Waals surface area contributed by atoms with Crippen LogP contribution in [0.5, 0.6) is 5.75 Å². The van der Waals surface area contributed by atoms with E-state index in [1.165, 1.54) is 0 Å². The number of aromatic amines is 1. The monoisotopic (exact) mass is 344 g/mol. The summed E-state index contributed by atoms with van der Waals surface area (Å²) in [5.74, 6) is 1.02. The molecular formula is C20H16N4O2. The van der Waals surface area contributed by atoms with Crippen LogP contribution in [0.25, 0.3) is 21.4 Å². The first-order chi connectivity index (χ1) is 12.4. The van der Waals surface area contributed by atoms with Crippen LogP contribution in [0.15, 0.2) is 53.3 Å². The number of rotatable bonds is 2. The first-order valence-electron chi connectivity index (χ1n) is 8.15. The van der Waals surface area contributed by atoms with Crippen LogP contribution < -0.4 is 15.6 Å². The maximum atomic E-state index is 12.3. The number of fused-ring (bicyclic) bond motifs is 2. The quantitative estimate of drug-likeness (QED) is 0.687. The van der Waals surface area contributed by atoms with Crippen LogP contribution in [-0.4, -0.2) is 15.6 Å². The molecule has 1 aromatic heterocycles. The number of anilines is 1. The first-order valence-corrected chi connectivity index (χ1v) is 8.15. The van der Waals surface area contributed by atoms with Crippen LogP contribution in [0.1, 0.15) is 19.4 Å². The lowest BCUT2D eigenvalue weighted by molar-refractivity contribution is 0.158. The molecule has 6 nitrogen and oxygen atoms in total. The Morgan fingerprint density at radius 3 is 2.85 bits per heavy atom. The fourth-order valence-electron chi connectivity index (χ4n) is 3.00. The SMILES string of the molecule is [C-]#[N+]c1ccc2c(c1)C(Nc1nc3ccccc3c(=O)[nH]1)=CC(C)(C)O2. The smallest absolute Gasteiger partial charge is 0.260 e. The van der Waals surface area contributed by atoms with Gasteiger partial charge in [0.2, 0.25) is 5.95 Å².